The summed E-state index contributed by atoms with van der Waals surface area (Å²) in [6.07, 6.45) is 1.24. The van der Waals surface area contributed by atoms with Crippen molar-refractivity contribution in [2.45, 2.75) is 53.6 Å². The molecule has 0 saturated carbocycles. The lowest BCUT2D eigenvalue weighted by Gasteiger charge is -2.26. The molecule has 0 spiro atoms. The largest absolute Gasteiger partial charge is 0.311 e. The van der Waals surface area contributed by atoms with Gasteiger partial charge < -0.3 is 10.2 Å². The van der Waals surface area contributed by atoms with Crippen molar-refractivity contribution in [3.63, 3.8) is 0 Å². The van der Waals surface area contributed by atoms with E-state index in [1.54, 1.807) is 0 Å². The number of nitrogens with one attached hydrogen (secondary N) is 1. The summed E-state index contributed by atoms with van der Waals surface area (Å²) in [6, 6.07) is 5.23. The highest BCUT2D eigenvalue weighted by Gasteiger charge is 2.13. The first kappa shape index (κ1) is 17.2. The minimum Gasteiger partial charge on any atom is -0.311 e. The van der Waals surface area contributed by atoms with Crippen LogP contribution < -0.4 is 5.32 Å². The molecule has 0 fully saturated rings. The lowest BCUT2D eigenvalue weighted by molar-refractivity contribution is 0.246. The Labute approximate surface area is 125 Å². The van der Waals surface area contributed by atoms with Gasteiger partial charge in [-0.1, -0.05) is 26.0 Å². The first-order chi connectivity index (χ1) is 9.31. The average Bonchev–Trinajstić information content (AvgIpc) is 2.33. The van der Waals surface area contributed by atoms with Crippen molar-refractivity contribution in [1.82, 2.24) is 10.2 Å². The van der Waals surface area contributed by atoms with Gasteiger partial charge >= 0.3 is 0 Å². The molecule has 1 rings (SSSR count). The van der Waals surface area contributed by atoms with E-state index in [2.05, 4.69) is 71.1 Å². The van der Waals surface area contributed by atoms with Crippen molar-refractivity contribution in [1.29, 1.82) is 0 Å². The van der Waals surface area contributed by atoms with E-state index in [1.807, 2.05) is 0 Å². The highest BCUT2D eigenvalue weighted by atomic mass is 15.1. The lowest BCUT2D eigenvalue weighted by Crippen LogP contribution is -2.38. The number of rotatable bonds is 7. The summed E-state index contributed by atoms with van der Waals surface area (Å²) in [5, 5.41) is 3.63. The lowest BCUT2D eigenvalue weighted by atomic mass is 10.00. The smallest absolute Gasteiger partial charge is 0.0217 e. The Bertz CT molecular complexity index is 422. The predicted molar refractivity (Wildman–Crippen MR) is 89.3 cm³/mol. The third-order valence-corrected chi connectivity index (χ3v) is 4.12. The molecule has 1 aromatic rings. The standard InChI is InChI=1S/C18H32N2/c1-13(2)8-18(20(6)7)12-19-11-17-10-15(4)14(3)9-16(17)5/h9-10,13,18-19H,8,11-12H2,1-7H3. The second-order valence-electron chi connectivity index (χ2n) is 6.74. The first-order valence-electron chi connectivity index (χ1n) is 7.75. The molecule has 0 radical (unpaired) electrons. The molecule has 1 aromatic carbocycles. The molecular formula is C18H32N2. The SMILES string of the molecule is Cc1cc(C)c(CNCC(CC(C)C)N(C)C)cc1C. The van der Waals surface area contributed by atoms with E-state index in [-0.39, 0.29) is 0 Å². The first-order valence-corrected chi connectivity index (χ1v) is 7.75. The molecule has 1 N–H and O–H groups in total. The molecule has 2 heteroatoms. The van der Waals surface area contributed by atoms with Crippen LogP contribution >= 0.6 is 0 Å². The monoisotopic (exact) mass is 276 g/mol. The Morgan fingerprint density at radius 1 is 1.00 bits per heavy atom. The van der Waals surface area contributed by atoms with Crippen LogP contribution in [-0.4, -0.2) is 31.6 Å². The zero-order valence-corrected chi connectivity index (χ0v) is 14.4. The van der Waals surface area contributed by atoms with Gasteiger partial charge in [0, 0.05) is 19.1 Å². The van der Waals surface area contributed by atoms with Crippen LogP contribution in [0.15, 0.2) is 12.1 Å². The zero-order valence-electron chi connectivity index (χ0n) is 14.4. The number of benzene rings is 1. The van der Waals surface area contributed by atoms with Gasteiger partial charge in [-0.15, -0.1) is 0 Å². The Kier molecular flexibility index (Phi) is 6.70. The molecule has 0 aromatic heterocycles. The van der Waals surface area contributed by atoms with Gasteiger partial charge in [0.25, 0.3) is 0 Å². The number of nitrogens with zero attached hydrogens (tertiary/aromatic N) is 1. The van der Waals surface area contributed by atoms with E-state index < -0.39 is 0 Å². The molecule has 2 nitrogen and oxygen atoms in total. The van der Waals surface area contributed by atoms with Gasteiger partial charge in [-0.2, -0.15) is 0 Å². The van der Waals surface area contributed by atoms with Crippen LogP contribution in [0.2, 0.25) is 0 Å². The van der Waals surface area contributed by atoms with E-state index in [0.29, 0.717) is 6.04 Å². The highest BCUT2D eigenvalue weighted by molar-refractivity contribution is 5.36. The summed E-state index contributed by atoms with van der Waals surface area (Å²) in [5.41, 5.74) is 5.59. The fourth-order valence-electron chi connectivity index (χ4n) is 2.61. The van der Waals surface area contributed by atoms with E-state index in [4.69, 9.17) is 0 Å². The number of likely N-dealkylation sites (N-methyl/N-ethyl adjacent to an activating group) is 1. The van der Waals surface area contributed by atoms with Crippen molar-refractivity contribution in [3.8, 4) is 0 Å². The maximum absolute atomic E-state index is 3.63. The van der Waals surface area contributed by atoms with Gasteiger partial charge in [0.1, 0.15) is 0 Å². The third kappa shape index (κ3) is 5.26. The molecular weight excluding hydrogens is 244 g/mol. The molecule has 0 aliphatic rings. The fourth-order valence-corrected chi connectivity index (χ4v) is 2.61. The molecule has 20 heavy (non-hydrogen) atoms. The van der Waals surface area contributed by atoms with Gasteiger partial charge in [0.2, 0.25) is 0 Å². The molecule has 0 aliphatic carbocycles. The highest BCUT2D eigenvalue weighted by Crippen LogP contribution is 2.15. The number of hydrogen-bond acceptors (Lipinski definition) is 2. The van der Waals surface area contributed by atoms with E-state index in [1.165, 1.54) is 28.7 Å². The van der Waals surface area contributed by atoms with Crippen molar-refractivity contribution >= 4 is 0 Å². The van der Waals surface area contributed by atoms with E-state index in [0.717, 1.165) is 19.0 Å². The molecule has 0 aliphatic heterocycles. The van der Waals surface area contributed by atoms with Gasteiger partial charge in [0.05, 0.1) is 0 Å². The van der Waals surface area contributed by atoms with Gasteiger partial charge in [-0.3, -0.25) is 0 Å². The van der Waals surface area contributed by atoms with Crippen LogP contribution in [0.4, 0.5) is 0 Å². The summed E-state index contributed by atoms with van der Waals surface area (Å²) in [4.78, 5) is 2.33. The van der Waals surface area contributed by atoms with Crippen LogP contribution in [0.25, 0.3) is 0 Å². The number of hydrogen-bond donors (Lipinski definition) is 1. The molecule has 0 saturated heterocycles. The van der Waals surface area contributed by atoms with Crippen molar-refractivity contribution < 1.29 is 0 Å². The normalized spacial score (nSPS) is 13.2. The average molecular weight is 276 g/mol. The van der Waals surface area contributed by atoms with E-state index >= 15 is 0 Å². The van der Waals surface area contributed by atoms with Gasteiger partial charge in [-0.25, -0.2) is 0 Å². The zero-order chi connectivity index (χ0) is 15.3. The van der Waals surface area contributed by atoms with Crippen LogP contribution in [0, 0.1) is 26.7 Å². The van der Waals surface area contributed by atoms with Crippen LogP contribution in [0.3, 0.4) is 0 Å². The Hall–Kier alpha value is -0.860. The second-order valence-corrected chi connectivity index (χ2v) is 6.74. The molecule has 1 unspecified atom stereocenters. The Morgan fingerprint density at radius 3 is 2.15 bits per heavy atom. The van der Waals surface area contributed by atoms with Gasteiger partial charge in [0.15, 0.2) is 0 Å². The summed E-state index contributed by atoms with van der Waals surface area (Å²) >= 11 is 0. The summed E-state index contributed by atoms with van der Waals surface area (Å²) < 4.78 is 0. The van der Waals surface area contributed by atoms with Crippen LogP contribution in [0.5, 0.6) is 0 Å². The van der Waals surface area contributed by atoms with Crippen LogP contribution in [0.1, 0.15) is 42.5 Å². The minimum atomic E-state index is 0.613. The van der Waals surface area contributed by atoms with Crippen LogP contribution in [-0.2, 0) is 6.54 Å². The maximum atomic E-state index is 3.63. The summed E-state index contributed by atoms with van der Waals surface area (Å²) in [6.45, 7) is 13.2. The molecule has 0 amide bonds. The molecule has 0 bridgehead atoms. The topological polar surface area (TPSA) is 15.3 Å². The molecule has 1 atom stereocenters. The van der Waals surface area contributed by atoms with Crippen molar-refractivity contribution in [2.75, 3.05) is 20.6 Å². The fraction of sp³-hybridized carbons (Fsp3) is 0.667. The van der Waals surface area contributed by atoms with Crippen molar-refractivity contribution in [2.24, 2.45) is 5.92 Å². The molecule has 0 heterocycles. The van der Waals surface area contributed by atoms with Crippen molar-refractivity contribution in [3.05, 3.63) is 34.4 Å². The maximum Gasteiger partial charge on any atom is 0.0217 e. The molecule has 114 valence electrons. The quantitative estimate of drug-likeness (QED) is 0.817. The third-order valence-electron chi connectivity index (χ3n) is 4.12. The predicted octanol–water partition coefficient (Wildman–Crippen LogP) is 3.68. The Balaban J connectivity index is 2.56. The number of aryl methyl sites for hydroxylation is 3. The van der Waals surface area contributed by atoms with Gasteiger partial charge in [-0.05, 0) is 69.5 Å². The summed E-state index contributed by atoms with van der Waals surface area (Å²) in [7, 11) is 4.35. The second kappa shape index (κ2) is 7.80. The minimum absolute atomic E-state index is 0.613. The summed E-state index contributed by atoms with van der Waals surface area (Å²) in [5.74, 6) is 0.743. The van der Waals surface area contributed by atoms with E-state index in [9.17, 15) is 0 Å². The Morgan fingerprint density at radius 2 is 1.60 bits per heavy atom.